The first-order chi connectivity index (χ1) is 15.7. The van der Waals surface area contributed by atoms with Gasteiger partial charge in [-0.25, -0.2) is 5.43 Å². The fourth-order valence-electron chi connectivity index (χ4n) is 3.90. The third-order valence-corrected chi connectivity index (χ3v) is 6.03. The van der Waals surface area contributed by atoms with Gasteiger partial charge in [-0.3, -0.25) is 14.6 Å². The van der Waals surface area contributed by atoms with Gasteiger partial charge in [0.25, 0.3) is 0 Å². The molecule has 1 aliphatic rings. The van der Waals surface area contributed by atoms with E-state index >= 15 is 0 Å². The number of hydrogen-bond donors (Lipinski definition) is 2. The zero-order valence-electron chi connectivity index (χ0n) is 20.4. The van der Waals surface area contributed by atoms with Crippen LogP contribution in [0, 0.1) is 11.3 Å². The summed E-state index contributed by atoms with van der Waals surface area (Å²) in [7, 11) is 3.24. The Hall–Kier alpha value is -3.06. The minimum Gasteiger partial charge on any atom is -0.493 e. The highest BCUT2D eigenvalue weighted by molar-refractivity contribution is 5.94. The Morgan fingerprint density at radius 1 is 1.09 bits per heavy atom. The van der Waals surface area contributed by atoms with E-state index in [0.717, 1.165) is 23.2 Å². The van der Waals surface area contributed by atoms with E-state index in [1.165, 1.54) is 0 Å². The molecule has 2 unspecified atom stereocenters. The molecule has 2 amide bonds. The molecule has 0 radical (unpaired) electrons. The van der Waals surface area contributed by atoms with Crippen LogP contribution in [0.4, 0.5) is 5.69 Å². The first-order valence-electron chi connectivity index (χ1n) is 11.3. The third kappa shape index (κ3) is 5.85. The Bertz CT molecular complexity index is 982. The van der Waals surface area contributed by atoms with Crippen LogP contribution in [0.2, 0.25) is 0 Å². The van der Waals surface area contributed by atoms with Crippen molar-refractivity contribution in [2.45, 2.75) is 53.1 Å². The summed E-state index contributed by atoms with van der Waals surface area (Å²) >= 11 is 0. The topological polar surface area (TPSA) is 79.9 Å². The molecule has 7 heteroatoms. The molecule has 0 aromatic heterocycles. The molecule has 178 valence electrons. The van der Waals surface area contributed by atoms with Crippen molar-refractivity contribution in [3.05, 3.63) is 53.6 Å². The summed E-state index contributed by atoms with van der Waals surface area (Å²) in [5, 5.41) is 4.62. The summed E-state index contributed by atoms with van der Waals surface area (Å²) in [6.45, 7) is 8.17. The largest absolute Gasteiger partial charge is 0.493 e. The normalized spacial score (nSPS) is 18.7. The lowest BCUT2D eigenvalue weighted by Crippen LogP contribution is -2.51. The highest BCUT2D eigenvalue weighted by Crippen LogP contribution is 2.36. The Labute approximate surface area is 196 Å². The van der Waals surface area contributed by atoms with Crippen molar-refractivity contribution in [2.75, 3.05) is 19.5 Å². The summed E-state index contributed by atoms with van der Waals surface area (Å²) in [6, 6.07) is 13.5. The molecule has 7 nitrogen and oxygen atoms in total. The van der Waals surface area contributed by atoms with E-state index in [1.54, 1.807) is 19.2 Å². The number of methoxy groups -OCH3 is 2. The molecule has 0 aliphatic carbocycles. The summed E-state index contributed by atoms with van der Waals surface area (Å²) in [5.74, 6) is 1.57. The molecule has 2 atom stereocenters. The quantitative estimate of drug-likeness (QED) is 0.636. The molecule has 2 N–H and O–H groups in total. The van der Waals surface area contributed by atoms with Crippen LogP contribution in [0.15, 0.2) is 42.5 Å². The van der Waals surface area contributed by atoms with Gasteiger partial charge in [0.05, 0.1) is 26.8 Å². The highest BCUT2D eigenvalue weighted by Gasteiger charge is 2.34. The number of carbonyl (C=O) groups excluding carboxylic acids is 2. The van der Waals surface area contributed by atoms with E-state index in [1.807, 2.05) is 63.2 Å². The van der Waals surface area contributed by atoms with Crippen LogP contribution in [-0.2, 0) is 16.1 Å². The number of rotatable bonds is 7. The maximum absolute atomic E-state index is 12.9. The number of ether oxygens (including phenoxy) is 2. The molecule has 0 spiro atoms. The van der Waals surface area contributed by atoms with Gasteiger partial charge in [0.2, 0.25) is 11.8 Å². The van der Waals surface area contributed by atoms with Gasteiger partial charge < -0.3 is 14.8 Å². The van der Waals surface area contributed by atoms with Gasteiger partial charge in [-0.05, 0) is 41.3 Å². The van der Waals surface area contributed by atoms with Gasteiger partial charge in [-0.2, -0.15) is 0 Å². The molecule has 2 aromatic rings. The van der Waals surface area contributed by atoms with E-state index in [0.29, 0.717) is 24.5 Å². The zero-order chi connectivity index (χ0) is 24.2. The van der Waals surface area contributed by atoms with Crippen molar-refractivity contribution >= 4 is 17.5 Å². The summed E-state index contributed by atoms with van der Waals surface area (Å²) < 4.78 is 10.8. The van der Waals surface area contributed by atoms with Gasteiger partial charge >= 0.3 is 0 Å². The second-order valence-corrected chi connectivity index (χ2v) is 9.47. The molecule has 1 heterocycles. The summed E-state index contributed by atoms with van der Waals surface area (Å²) in [5.41, 5.74) is 5.75. The van der Waals surface area contributed by atoms with Gasteiger partial charge in [0.15, 0.2) is 11.5 Å². The molecule has 0 saturated carbocycles. The van der Waals surface area contributed by atoms with Crippen LogP contribution < -0.4 is 20.2 Å². The van der Waals surface area contributed by atoms with Gasteiger partial charge in [-0.1, -0.05) is 52.3 Å². The zero-order valence-corrected chi connectivity index (χ0v) is 20.4. The van der Waals surface area contributed by atoms with Crippen LogP contribution in [0.1, 0.15) is 57.7 Å². The lowest BCUT2D eigenvalue weighted by Gasteiger charge is -2.39. The number of nitrogens with one attached hydrogen (secondary N) is 2. The van der Waals surface area contributed by atoms with Gasteiger partial charge in [0.1, 0.15) is 0 Å². The molecule has 3 rings (SSSR count). The van der Waals surface area contributed by atoms with E-state index in [2.05, 4.69) is 17.7 Å². The van der Waals surface area contributed by atoms with Gasteiger partial charge in [0, 0.05) is 17.5 Å². The van der Waals surface area contributed by atoms with Crippen LogP contribution in [0.3, 0.4) is 0 Å². The molecule has 1 fully saturated rings. The molecule has 1 saturated heterocycles. The Balaban J connectivity index is 1.75. The standard InChI is InChI=1S/C26H35N3O4/c1-7-18-15-23(30)29(28-24(18)19-10-13-21(32-5)22(14-19)33-6)16-17-8-11-20(12-9-17)27-25(31)26(2,3)4/h8-14,18,24,28H,7,15-16H2,1-6H3,(H,27,31). The molecule has 0 bridgehead atoms. The molecular weight excluding hydrogens is 418 g/mol. The Kier molecular flexibility index (Phi) is 7.64. The molecule has 33 heavy (non-hydrogen) atoms. The third-order valence-electron chi connectivity index (χ3n) is 6.03. The summed E-state index contributed by atoms with van der Waals surface area (Å²) in [4.78, 5) is 25.1. The van der Waals surface area contributed by atoms with Crippen molar-refractivity contribution in [1.29, 1.82) is 0 Å². The molecular formula is C26H35N3O4. The van der Waals surface area contributed by atoms with Crippen molar-refractivity contribution in [2.24, 2.45) is 11.3 Å². The lowest BCUT2D eigenvalue weighted by atomic mass is 9.86. The van der Waals surface area contributed by atoms with Crippen LogP contribution in [0.25, 0.3) is 0 Å². The Morgan fingerprint density at radius 3 is 2.33 bits per heavy atom. The van der Waals surface area contributed by atoms with Crippen LogP contribution >= 0.6 is 0 Å². The Morgan fingerprint density at radius 2 is 1.76 bits per heavy atom. The number of anilines is 1. The maximum atomic E-state index is 12.9. The van der Waals surface area contributed by atoms with Crippen LogP contribution in [-0.4, -0.2) is 31.0 Å². The van der Waals surface area contributed by atoms with Crippen LogP contribution in [0.5, 0.6) is 11.5 Å². The lowest BCUT2D eigenvalue weighted by molar-refractivity contribution is -0.142. The number of hydrogen-bond acceptors (Lipinski definition) is 5. The van der Waals surface area contributed by atoms with E-state index in [-0.39, 0.29) is 23.8 Å². The van der Waals surface area contributed by atoms with Crippen molar-refractivity contribution in [3.63, 3.8) is 0 Å². The number of amides is 2. The number of hydrazine groups is 1. The fraction of sp³-hybridized carbons (Fsp3) is 0.462. The molecule has 2 aromatic carbocycles. The first-order valence-corrected chi connectivity index (χ1v) is 11.3. The minimum absolute atomic E-state index is 0.0159. The fourth-order valence-corrected chi connectivity index (χ4v) is 3.90. The monoisotopic (exact) mass is 453 g/mol. The van der Waals surface area contributed by atoms with Gasteiger partial charge in [-0.15, -0.1) is 0 Å². The second kappa shape index (κ2) is 10.3. The van der Waals surface area contributed by atoms with Crippen molar-refractivity contribution in [1.82, 2.24) is 10.4 Å². The number of carbonyl (C=O) groups is 2. The predicted octanol–water partition coefficient (Wildman–Crippen LogP) is 4.69. The summed E-state index contributed by atoms with van der Waals surface area (Å²) in [6.07, 6.45) is 1.36. The predicted molar refractivity (Wildman–Crippen MR) is 129 cm³/mol. The van der Waals surface area contributed by atoms with Crippen molar-refractivity contribution in [3.8, 4) is 11.5 Å². The van der Waals surface area contributed by atoms with E-state index in [4.69, 9.17) is 9.47 Å². The highest BCUT2D eigenvalue weighted by atomic mass is 16.5. The number of benzene rings is 2. The second-order valence-electron chi connectivity index (χ2n) is 9.47. The minimum atomic E-state index is -0.461. The molecule has 1 aliphatic heterocycles. The average Bonchev–Trinajstić information content (AvgIpc) is 2.80. The first kappa shape index (κ1) is 24.6. The maximum Gasteiger partial charge on any atom is 0.237 e. The average molecular weight is 454 g/mol. The number of nitrogens with zero attached hydrogens (tertiary/aromatic N) is 1. The van der Waals surface area contributed by atoms with E-state index in [9.17, 15) is 9.59 Å². The smallest absolute Gasteiger partial charge is 0.237 e. The van der Waals surface area contributed by atoms with Crippen molar-refractivity contribution < 1.29 is 19.1 Å². The van der Waals surface area contributed by atoms with E-state index < -0.39 is 5.41 Å². The SMILES string of the molecule is CCC1CC(=O)N(Cc2ccc(NC(=O)C(C)(C)C)cc2)NC1c1ccc(OC)c(OC)c1.